The van der Waals surface area contributed by atoms with Crippen LogP contribution in [0.1, 0.15) is 25.7 Å². The normalized spacial score (nSPS) is 19.5. The predicted octanol–water partition coefficient (Wildman–Crippen LogP) is 2.54. The zero-order valence-corrected chi connectivity index (χ0v) is 11.0. The molecule has 1 aromatic heterocycles. The molecule has 1 aliphatic rings. The van der Waals surface area contributed by atoms with Gasteiger partial charge in [-0.3, -0.25) is 0 Å². The summed E-state index contributed by atoms with van der Waals surface area (Å²) in [5.74, 6) is 0.647. The number of fused-ring (bicyclic) bond motifs is 1. The fourth-order valence-electron chi connectivity index (χ4n) is 2.58. The van der Waals surface area contributed by atoms with Crippen LogP contribution < -0.4 is 10.1 Å². The van der Waals surface area contributed by atoms with Crippen molar-refractivity contribution in [3.63, 3.8) is 0 Å². The summed E-state index contributed by atoms with van der Waals surface area (Å²) in [5.41, 5.74) is 0. The van der Waals surface area contributed by atoms with Crippen LogP contribution in [0.5, 0.6) is 5.88 Å². The summed E-state index contributed by atoms with van der Waals surface area (Å²) >= 11 is 0. The third-order valence-electron chi connectivity index (χ3n) is 3.65. The van der Waals surface area contributed by atoms with E-state index in [4.69, 9.17) is 4.74 Å². The van der Waals surface area contributed by atoms with Crippen molar-refractivity contribution in [2.75, 3.05) is 13.2 Å². The largest absolute Gasteiger partial charge is 0.476 e. The molecule has 1 fully saturated rings. The molecule has 1 aromatic carbocycles. The maximum absolute atomic E-state index is 5.81. The van der Waals surface area contributed by atoms with Gasteiger partial charge in [0.2, 0.25) is 5.88 Å². The van der Waals surface area contributed by atoms with Crippen molar-refractivity contribution in [2.45, 2.75) is 31.7 Å². The minimum absolute atomic E-state index is 0.594. The Morgan fingerprint density at radius 3 is 3.11 bits per heavy atom. The van der Waals surface area contributed by atoms with Crippen molar-refractivity contribution in [3.8, 4) is 5.88 Å². The molecule has 0 amide bonds. The zero-order chi connectivity index (χ0) is 12.9. The first-order valence-electron chi connectivity index (χ1n) is 7.00. The van der Waals surface area contributed by atoms with E-state index in [1.165, 1.54) is 19.3 Å². The zero-order valence-electron chi connectivity index (χ0n) is 11.0. The van der Waals surface area contributed by atoms with Gasteiger partial charge in [0.1, 0.15) is 0 Å². The fourth-order valence-corrected chi connectivity index (χ4v) is 2.58. The standard InChI is InChI=1S/C15H19N3O/c1-2-7-14-12(5-1)11-17-18-15(14)19-10-8-13-6-3-4-9-16-13/h1-2,5,7,11,13,16H,3-4,6,8-10H2. The molecular weight excluding hydrogens is 238 g/mol. The Morgan fingerprint density at radius 2 is 2.21 bits per heavy atom. The molecule has 0 radical (unpaired) electrons. The van der Waals surface area contributed by atoms with Crippen molar-refractivity contribution in [3.05, 3.63) is 30.5 Å². The highest BCUT2D eigenvalue weighted by Gasteiger charge is 2.12. The Hall–Kier alpha value is -1.68. The molecule has 3 rings (SSSR count). The molecule has 19 heavy (non-hydrogen) atoms. The maximum atomic E-state index is 5.81. The third-order valence-corrected chi connectivity index (χ3v) is 3.65. The number of piperidine rings is 1. The molecule has 1 unspecified atom stereocenters. The Morgan fingerprint density at radius 1 is 1.26 bits per heavy atom. The molecule has 100 valence electrons. The third kappa shape index (κ3) is 3.01. The number of benzene rings is 1. The Balaban J connectivity index is 1.62. The van der Waals surface area contributed by atoms with Crippen LogP contribution in [0.2, 0.25) is 0 Å². The van der Waals surface area contributed by atoms with E-state index in [2.05, 4.69) is 15.5 Å². The molecule has 1 saturated heterocycles. The topological polar surface area (TPSA) is 47.0 Å². The Kier molecular flexibility index (Phi) is 3.89. The van der Waals surface area contributed by atoms with E-state index >= 15 is 0 Å². The monoisotopic (exact) mass is 257 g/mol. The van der Waals surface area contributed by atoms with E-state index in [0.29, 0.717) is 18.5 Å². The first-order chi connectivity index (χ1) is 9.43. The summed E-state index contributed by atoms with van der Waals surface area (Å²) in [4.78, 5) is 0. The highest BCUT2D eigenvalue weighted by Crippen LogP contribution is 2.21. The van der Waals surface area contributed by atoms with Crippen molar-refractivity contribution < 1.29 is 4.74 Å². The van der Waals surface area contributed by atoms with Crippen LogP contribution in [0.4, 0.5) is 0 Å². The van der Waals surface area contributed by atoms with Gasteiger partial charge in [-0.25, -0.2) is 0 Å². The van der Waals surface area contributed by atoms with Crippen LogP contribution in [-0.2, 0) is 0 Å². The quantitative estimate of drug-likeness (QED) is 0.914. The maximum Gasteiger partial charge on any atom is 0.241 e. The van der Waals surface area contributed by atoms with Crippen LogP contribution in [0, 0.1) is 0 Å². The second-order valence-electron chi connectivity index (χ2n) is 5.02. The summed E-state index contributed by atoms with van der Waals surface area (Å²) in [5, 5.41) is 13.7. The van der Waals surface area contributed by atoms with Crippen molar-refractivity contribution in [1.29, 1.82) is 0 Å². The number of hydrogen-bond donors (Lipinski definition) is 1. The van der Waals surface area contributed by atoms with Gasteiger partial charge in [-0.1, -0.05) is 24.6 Å². The number of hydrogen-bond acceptors (Lipinski definition) is 4. The van der Waals surface area contributed by atoms with Gasteiger partial charge in [-0.05, 0) is 31.9 Å². The second kappa shape index (κ2) is 5.97. The smallest absolute Gasteiger partial charge is 0.241 e. The summed E-state index contributed by atoms with van der Waals surface area (Å²) in [6.07, 6.45) is 6.68. The summed E-state index contributed by atoms with van der Waals surface area (Å²) in [6.45, 7) is 1.83. The number of rotatable bonds is 4. The van der Waals surface area contributed by atoms with Gasteiger partial charge in [-0.2, -0.15) is 5.10 Å². The minimum atomic E-state index is 0.594. The number of aromatic nitrogens is 2. The average Bonchev–Trinajstić information content (AvgIpc) is 2.49. The van der Waals surface area contributed by atoms with Gasteiger partial charge in [0, 0.05) is 16.8 Å². The van der Waals surface area contributed by atoms with Crippen LogP contribution in [0.3, 0.4) is 0 Å². The van der Waals surface area contributed by atoms with Crippen LogP contribution in [-0.4, -0.2) is 29.4 Å². The van der Waals surface area contributed by atoms with Crippen LogP contribution in [0.15, 0.2) is 30.5 Å². The van der Waals surface area contributed by atoms with E-state index in [9.17, 15) is 0 Å². The molecule has 1 atom stereocenters. The summed E-state index contributed by atoms with van der Waals surface area (Å²) in [6, 6.07) is 8.65. The average molecular weight is 257 g/mol. The molecule has 0 bridgehead atoms. The van der Waals surface area contributed by atoms with Crippen molar-refractivity contribution in [1.82, 2.24) is 15.5 Å². The minimum Gasteiger partial charge on any atom is -0.476 e. The molecule has 0 saturated carbocycles. The number of ether oxygens (including phenoxy) is 1. The van der Waals surface area contributed by atoms with E-state index in [1.54, 1.807) is 6.20 Å². The van der Waals surface area contributed by atoms with Gasteiger partial charge >= 0.3 is 0 Å². The molecule has 1 aliphatic heterocycles. The lowest BCUT2D eigenvalue weighted by molar-refractivity contribution is 0.261. The second-order valence-corrected chi connectivity index (χ2v) is 5.02. The molecule has 4 nitrogen and oxygen atoms in total. The SMILES string of the molecule is c1ccc2c(OCCC3CCCCN3)nncc2c1. The molecule has 0 aliphatic carbocycles. The molecule has 2 heterocycles. The van der Waals surface area contributed by atoms with Gasteiger partial charge < -0.3 is 10.1 Å². The van der Waals surface area contributed by atoms with E-state index in [0.717, 1.165) is 23.7 Å². The molecule has 2 aromatic rings. The van der Waals surface area contributed by atoms with Crippen LogP contribution in [0.25, 0.3) is 10.8 Å². The Bertz CT molecular complexity index is 532. The molecule has 1 N–H and O–H groups in total. The van der Waals surface area contributed by atoms with Gasteiger partial charge in [0.15, 0.2) is 0 Å². The lowest BCUT2D eigenvalue weighted by Crippen LogP contribution is -2.35. The first-order valence-corrected chi connectivity index (χ1v) is 7.00. The van der Waals surface area contributed by atoms with Crippen LogP contribution >= 0.6 is 0 Å². The molecule has 4 heteroatoms. The molecular formula is C15H19N3O. The highest BCUT2D eigenvalue weighted by molar-refractivity contribution is 5.85. The van der Waals surface area contributed by atoms with Gasteiger partial charge in [0.05, 0.1) is 12.8 Å². The van der Waals surface area contributed by atoms with E-state index in [1.807, 2.05) is 24.3 Å². The van der Waals surface area contributed by atoms with Gasteiger partial charge in [-0.15, -0.1) is 5.10 Å². The number of nitrogens with one attached hydrogen (secondary N) is 1. The highest BCUT2D eigenvalue weighted by atomic mass is 16.5. The predicted molar refractivity (Wildman–Crippen MR) is 75.3 cm³/mol. The lowest BCUT2D eigenvalue weighted by Gasteiger charge is -2.23. The van der Waals surface area contributed by atoms with Crippen molar-refractivity contribution in [2.24, 2.45) is 0 Å². The van der Waals surface area contributed by atoms with E-state index < -0.39 is 0 Å². The fraction of sp³-hybridized carbons (Fsp3) is 0.467. The van der Waals surface area contributed by atoms with Gasteiger partial charge in [0.25, 0.3) is 0 Å². The first kappa shape index (κ1) is 12.4. The summed E-state index contributed by atoms with van der Waals surface area (Å²) in [7, 11) is 0. The van der Waals surface area contributed by atoms with Crippen molar-refractivity contribution >= 4 is 10.8 Å². The number of nitrogens with zero attached hydrogens (tertiary/aromatic N) is 2. The summed E-state index contributed by atoms with van der Waals surface area (Å²) < 4.78 is 5.81. The Labute approximate surface area is 113 Å². The van der Waals surface area contributed by atoms with E-state index in [-0.39, 0.29) is 0 Å². The molecule has 0 spiro atoms. The lowest BCUT2D eigenvalue weighted by atomic mass is 10.0.